The van der Waals surface area contributed by atoms with E-state index in [9.17, 15) is 18.3 Å². The van der Waals surface area contributed by atoms with Crippen molar-refractivity contribution in [3.63, 3.8) is 0 Å². The molecule has 1 atom stereocenters. The first kappa shape index (κ1) is 22.9. The lowest BCUT2D eigenvalue weighted by Gasteiger charge is -2.38. The van der Waals surface area contributed by atoms with Crippen LogP contribution in [-0.2, 0) is 12.6 Å². The van der Waals surface area contributed by atoms with Gasteiger partial charge in [-0.2, -0.15) is 13.2 Å². The first-order valence-corrected chi connectivity index (χ1v) is 11.4. The van der Waals surface area contributed by atoms with E-state index in [1.54, 1.807) is 12.1 Å². The van der Waals surface area contributed by atoms with Gasteiger partial charge in [0.2, 0.25) is 0 Å². The maximum Gasteiger partial charge on any atom is 0.416 e. The second-order valence-electron chi connectivity index (χ2n) is 9.96. The summed E-state index contributed by atoms with van der Waals surface area (Å²) in [6.07, 6.45) is 1.27. The number of alkyl halides is 3. The zero-order valence-corrected chi connectivity index (χ0v) is 19.1. The van der Waals surface area contributed by atoms with Crippen molar-refractivity contribution in [3.8, 4) is 5.75 Å². The molecule has 0 radical (unpaired) electrons. The van der Waals surface area contributed by atoms with E-state index in [1.807, 2.05) is 19.9 Å². The normalized spacial score (nSPS) is 20.2. The first-order chi connectivity index (χ1) is 15.0. The molecule has 1 heterocycles. The topological polar surface area (TPSA) is 29.5 Å². The van der Waals surface area contributed by atoms with Crippen LogP contribution in [-0.4, -0.2) is 10.7 Å². The summed E-state index contributed by atoms with van der Waals surface area (Å²) in [4.78, 5) is 0. The van der Waals surface area contributed by atoms with Crippen molar-refractivity contribution in [2.75, 3.05) is 0 Å². The van der Waals surface area contributed by atoms with Crippen molar-refractivity contribution in [1.82, 2.24) is 0 Å². The molecular weight excluding hydrogens is 413 g/mol. The SMILES string of the molecule is CC(C)c1cc2c(c(C3=CCCC3)c1Cc1ccc(C(F)(F)F)cc1)[C@@H](O)CC(C)(C)O2. The summed E-state index contributed by atoms with van der Waals surface area (Å²) in [5, 5.41) is 11.2. The Balaban J connectivity index is 1.88. The van der Waals surface area contributed by atoms with E-state index in [2.05, 4.69) is 19.9 Å². The monoisotopic (exact) mass is 444 g/mol. The molecule has 172 valence electrons. The molecule has 1 aliphatic carbocycles. The highest BCUT2D eigenvalue weighted by Crippen LogP contribution is 2.48. The third-order valence-electron chi connectivity index (χ3n) is 6.52. The Bertz CT molecular complexity index is 1030. The molecule has 0 saturated heterocycles. The molecule has 0 amide bonds. The Morgan fingerprint density at radius 1 is 1.16 bits per heavy atom. The molecule has 1 aliphatic heterocycles. The minimum Gasteiger partial charge on any atom is -0.487 e. The number of fused-ring (bicyclic) bond motifs is 1. The highest BCUT2D eigenvalue weighted by molar-refractivity contribution is 5.77. The van der Waals surface area contributed by atoms with Gasteiger partial charge in [0.25, 0.3) is 0 Å². The molecule has 1 N–H and O–H groups in total. The molecule has 5 heteroatoms. The molecule has 2 aromatic carbocycles. The summed E-state index contributed by atoms with van der Waals surface area (Å²) < 4.78 is 45.4. The average Bonchev–Trinajstić information content (AvgIpc) is 3.21. The van der Waals surface area contributed by atoms with Crippen molar-refractivity contribution in [1.29, 1.82) is 0 Å². The van der Waals surface area contributed by atoms with Crippen molar-refractivity contribution < 1.29 is 23.0 Å². The van der Waals surface area contributed by atoms with Crippen LogP contribution in [0.3, 0.4) is 0 Å². The van der Waals surface area contributed by atoms with Crippen LogP contribution >= 0.6 is 0 Å². The summed E-state index contributed by atoms with van der Waals surface area (Å²) in [5.74, 6) is 0.938. The van der Waals surface area contributed by atoms with Gasteiger partial charge in [-0.25, -0.2) is 0 Å². The molecule has 2 aromatic rings. The molecular formula is C27H31F3O2. The van der Waals surface area contributed by atoms with Gasteiger partial charge in [-0.05, 0) is 91.5 Å². The highest BCUT2D eigenvalue weighted by Gasteiger charge is 2.37. The lowest BCUT2D eigenvalue weighted by Crippen LogP contribution is -2.35. The van der Waals surface area contributed by atoms with Gasteiger partial charge < -0.3 is 9.84 Å². The van der Waals surface area contributed by atoms with Gasteiger partial charge in [0.1, 0.15) is 11.4 Å². The average molecular weight is 445 g/mol. The van der Waals surface area contributed by atoms with Crippen LogP contribution < -0.4 is 4.74 Å². The van der Waals surface area contributed by atoms with E-state index in [-0.39, 0.29) is 5.92 Å². The quantitative estimate of drug-likeness (QED) is 0.527. The predicted octanol–water partition coefficient (Wildman–Crippen LogP) is 7.58. The fraction of sp³-hybridized carbons (Fsp3) is 0.481. The second kappa shape index (κ2) is 8.26. The van der Waals surface area contributed by atoms with E-state index in [4.69, 9.17) is 4.74 Å². The lowest BCUT2D eigenvalue weighted by atomic mass is 9.79. The zero-order valence-electron chi connectivity index (χ0n) is 19.1. The molecule has 2 aliphatic rings. The number of hydrogen-bond acceptors (Lipinski definition) is 2. The van der Waals surface area contributed by atoms with E-state index in [0.717, 1.165) is 65.0 Å². The number of halogens is 3. The third-order valence-corrected chi connectivity index (χ3v) is 6.52. The molecule has 0 aromatic heterocycles. The molecule has 4 rings (SSSR count). The van der Waals surface area contributed by atoms with Crippen molar-refractivity contribution >= 4 is 5.57 Å². The van der Waals surface area contributed by atoms with E-state index in [1.165, 1.54) is 5.57 Å². The van der Waals surface area contributed by atoms with Gasteiger partial charge in [-0.1, -0.05) is 32.1 Å². The van der Waals surface area contributed by atoms with E-state index < -0.39 is 23.4 Å². The molecule has 0 spiro atoms. The zero-order chi connectivity index (χ0) is 23.3. The van der Waals surface area contributed by atoms with Gasteiger partial charge in [-0.15, -0.1) is 0 Å². The van der Waals surface area contributed by atoms with Gasteiger partial charge in [0.05, 0.1) is 11.7 Å². The second-order valence-corrected chi connectivity index (χ2v) is 9.96. The maximum atomic E-state index is 13.0. The van der Waals surface area contributed by atoms with Crippen LogP contribution in [0.4, 0.5) is 13.2 Å². The Labute approximate surface area is 188 Å². The Hall–Kier alpha value is -2.27. The molecule has 0 unspecified atom stereocenters. The van der Waals surface area contributed by atoms with Crippen LogP contribution in [0.25, 0.3) is 5.57 Å². The van der Waals surface area contributed by atoms with Crippen molar-refractivity contribution in [2.24, 2.45) is 0 Å². The fourth-order valence-corrected chi connectivity index (χ4v) is 5.04. The summed E-state index contributed by atoms with van der Waals surface area (Å²) in [6.45, 7) is 8.21. The standard InChI is InChI=1S/C27H31F3O2/c1-16(2)20-14-23-25(22(31)15-26(3,4)32-23)24(18-7-5-6-8-18)21(20)13-17-9-11-19(12-10-17)27(28,29)30/h7,9-12,14,16,22,31H,5-6,8,13,15H2,1-4H3/t22-/m0/s1. The van der Waals surface area contributed by atoms with Crippen molar-refractivity contribution in [3.05, 3.63) is 69.8 Å². The van der Waals surface area contributed by atoms with E-state index in [0.29, 0.717) is 12.8 Å². The summed E-state index contributed by atoms with van der Waals surface area (Å²) in [5.41, 5.74) is 5.04. The smallest absolute Gasteiger partial charge is 0.416 e. The Morgan fingerprint density at radius 3 is 2.41 bits per heavy atom. The summed E-state index contributed by atoms with van der Waals surface area (Å²) >= 11 is 0. The minimum absolute atomic E-state index is 0.205. The minimum atomic E-state index is -4.35. The number of allylic oxidation sites excluding steroid dienone is 2. The number of hydrogen-bond donors (Lipinski definition) is 1. The lowest BCUT2D eigenvalue weighted by molar-refractivity contribution is -0.137. The van der Waals surface area contributed by atoms with Gasteiger partial charge in [-0.3, -0.25) is 0 Å². The van der Waals surface area contributed by atoms with Gasteiger partial charge in [0.15, 0.2) is 0 Å². The number of aliphatic hydroxyl groups is 1. The Morgan fingerprint density at radius 2 is 1.84 bits per heavy atom. The summed E-state index contributed by atoms with van der Waals surface area (Å²) in [7, 11) is 0. The number of benzene rings is 2. The third kappa shape index (κ3) is 4.45. The predicted molar refractivity (Wildman–Crippen MR) is 121 cm³/mol. The maximum absolute atomic E-state index is 13.0. The van der Waals surface area contributed by atoms with Crippen LogP contribution in [0.15, 0.2) is 36.4 Å². The van der Waals surface area contributed by atoms with Crippen LogP contribution in [0.2, 0.25) is 0 Å². The van der Waals surface area contributed by atoms with Crippen LogP contribution in [0, 0.1) is 0 Å². The first-order valence-electron chi connectivity index (χ1n) is 11.4. The summed E-state index contributed by atoms with van der Waals surface area (Å²) in [6, 6.07) is 7.47. The number of aliphatic hydroxyl groups excluding tert-OH is 1. The molecule has 2 nitrogen and oxygen atoms in total. The van der Waals surface area contributed by atoms with Crippen LogP contribution in [0.1, 0.15) is 98.8 Å². The molecule has 0 saturated carbocycles. The van der Waals surface area contributed by atoms with Crippen LogP contribution in [0.5, 0.6) is 5.75 Å². The van der Waals surface area contributed by atoms with Crippen molar-refractivity contribution in [2.45, 2.75) is 83.6 Å². The number of ether oxygens (including phenoxy) is 1. The molecule has 0 fully saturated rings. The largest absolute Gasteiger partial charge is 0.487 e. The molecule has 32 heavy (non-hydrogen) atoms. The number of rotatable bonds is 4. The Kier molecular flexibility index (Phi) is 5.91. The van der Waals surface area contributed by atoms with Gasteiger partial charge in [0, 0.05) is 12.0 Å². The van der Waals surface area contributed by atoms with Gasteiger partial charge >= 0.3 is 6.18 Å². The fourth-order valence-electron chi connectivity index (χ4n) is 5.04. The highest BCUT2D eigenvalue weighted by atomic mass is 19.4. The molecule has 0 bridgehead atoms. The van der Waals surface area contributed by atoms with E-state index >= 15 is 0 Å².